The first-order valence-electron chi connectivity index (χ1n) is 10.8. The number of fused-ring (bicyclic) bond motifs is 1. The van der Waals surface area contributed by atoms with E-state index in [0.29, 0.717) is 31.7 Å². The lowest BCUT2D eigenvalue weighted by atomic mass is 9.75. The van der Waals surface area contributed by atoms with E-state index in [1.54, 1.807) is 22.3 Å². The fourth-order valence-electron chi connectivity index (χ4n) is 4.65. The number of anilines is 1. The number of likely N-dealkylation sites (tertiary alicyclic amines) is 1. The topological polar surface area (TPSA) is 73.8 Å². The highest BCUT2D eigenvalue weighted by Gasteiger charge is 2.53. The van der Waals surface area contributed by atoms with Crippen molar-refractivity contribution in [3.05, 3.63) is 59.9 Å². The van der Waals surface area contributed by atoms with E-state index in [0.717, 1.165) is 20.2 Å². The number of hydrogen-bond donors (Lipinski definition) is 0. The Labute approximate surface area is 194 Å². The van der Waals surface area contributed by atoms with Crippen molar-refractivity contribution in [1.29, 1.82) is 0 Å². The van der Waals surface area contributed by atoms with Gasteiger partial charge in [-0.25, -0.2) is 9.37 Å². The molecule has 3 heterocycles. The summed E-state index contributed by atoms with van der Waals surface area (Å²) in [4.78, 5) is 48.4. The number of halogens is 1. The Kier molecular flexibility index (Phi) is 5.36. The predicted molar refractivity (Wildman–Crippen MR) is 124 cm³/mol. The Hall–Kier alpha value is -3.33. The van der Waals surface area contributed by atoms with Gasteiger partial charge in [0, 0.05) is 46.1 Å². The van der Waals surface area contributed by atoms with Crippen LogP contribution in [0.2, 0.25) is 0 Å². The van der Waals surface area contributed by atoms with Crippen LogP contribution in [0.3, 0.4) is 0 Å². The molecule has 5 rings (SSSR count). The van der Waals surface area contributed by atoms with Crippen molar-refractivity contribution in [3.8, 4) is 0 Å². The highest BCUT2D eigenvalue weighted by atomic mass is 32.1. The van der Waals surface area contributed by atoms with Crippen LogP contribution in [0.5, 0.6) is 0 Å². The molecule has 1 atom stereocenters. The standard InChI is InChI=1S/C24H23FN4O3S/c1-27-20(30)14-24(22(27)32,16-5-4-6-17(25)13-16)15-21(31)28-9-11-29(12-10-28)23-26-18-7-2-3-8-19(18)33-23/h2-8,13H,9-12,14-15H2,1H3. The lowest BCUT2D eigenvalue weighted by molar-refractivity contribution is -0.141. The quantitative estimate of drug-likeness (QED) is 0.553. The molecule has 3 amide bonds. The molecule has 0 saturated carbocycles. The summed E-state index contributed by atoms with van der Waals surface area (Å²) < 4.78 is 15.1. The normalized spacial score (nSPS) is 21.3. The molecule has 3 aromatic rings. The molecule has 0 bridgehead atoms. The molecule has 33 heavy (non-hydrogen) atoms. The zero-order valence-corrected chi connectivity index (χ0v) is 19.0. The van der Waals surface area contributed by atoms with E-state index in [1.807, 2.05) is 24.3 Å². The Morgan fingerprint density at radius 3 is 2.52 bits per heavy atom. The molecule has 0 N–H and O–H groups in total. The van der Waals surface area contributed by atoms with Gasteiger partial charge in [0.25, 0.3) is 0 Å². The zero-order valence-electron chi connectivity index (χ0n) is 18.2. The Balaban J connectivity index is 1.32. The first-order valence-corrected chi connectivity index (χ1v) is 11.6. The predicted octanol–water partition coefficient (Wildman–Crippen LogP) is 2.80. The van der Waals surface area contributed by atoms with Crippen LogP contribution in [0.25, 0.3) is 10.2 Å². The van der Waals surface area contributed by atoms with Gasteiger partial charge in [0.2, 0.25) is 17.7 Å². The van der Waals surface area contributed by atoms with Crippen molar-refractivity contribution >= 4 is 44.4 Å². The monoisotopic (exact) mass is 466 g/mol. The third-order valence-corrected chi connectivity index (χ3v) is 7.65. The van der Waals surface area contributed by atoms with Crippen LogP contribution in [0.15, 0.2) is 48.5 Å². The Bertz CT molecular complexity index is 1220. The number of benzene rings is 2. The van der Waals surface area contributed by atoms with Gasteiger partial charge >= 0.3 is 0 Å². The molecule has 2 aliphatic rings. The van der Waals surface area contributed by atoms with Crippen LogP contribution in [0, 0.1) is 5.82 Å². The van der Waals surface area contributed by atoms with E-state index >= 15 is 0 Å². The van der Waals surface area contributed by atoms with Crippen molar-refractivity contribution in [3.63, 3.8) is 0 Å². The highest BCUT2D eigenvalue weighted by Crippen LogP contribution is 2.40. The van der Waals surface area contributed by atoms with E-state index in [-0.39, 0.29) is 24.7 Å². The molecule has 170 valence electrons. The fraction of sp³-hybridized carbons (Fsp3) is 0.333. The van der Waals surface area contributed by atoms with Crippen molar-refractivity contribution in [2.45, 2.75) is 18.3 Å². The highest BCUT2D eigenvalue weighted by molar-refractivity contribution is 7.22. The number of para-hydroxylation sites is 1. The van der Waals surface area contributed by atoms with Crippen molar-refractivity contribution in [2.24, 2.45) is 0 Å². The third kappa shape index (κ3) is 3.76. The molecule has 2 aliphatic heterocycles. The minimum absolute atomic E-state index is 0.136. The average Bonchev–Trinajstić information content (AvgIpc) is 3.35. The SMILES string of the molecule is CN1C(=O)CC(CC(=O)N2CCN(c3nc4ccccc4s3)CC2)(c2cccc(F)c2)C1=O. The van der Waals surface area contributed by atoms with E-state index < -0.39 is 17.1 Å². The number of imide groups is 1. The fourth-order valence-corrected chi connectivity index (χ4v) is 5.67. The van der Waals surface area contributed by atoms with Gasteiger partial charge < -0.3 is 9.80 Å². The van der Waals surface area contributed by atoms with Crippen LogP contribution in [-0.2, 0) is 19.8 Å². The van der Waals surface area contributed by atoms with Crippen LogP contribution in [0.1, 0.15) is 18.4 Å². The molecule has 7 nitrogen and oxygen atoms in total. The maximum absolute atomic E-state index is 14.0. The van der Waals surface area contributed by atoms with Crippen LogP contribution in [-0.4, -0.2) is 65.7 Å². The minimum atomic E-state index is -1.37. The van der Waals surface area contributed by atoms with E-state index in [9.17, 15) is 18.8 Å². The summed E-state index contributed by atoms with van der Waals surface area (Å²) >= 11 is 1.63. The molecule has 1 unspecified atom stereocenters. The largest absolute Gasteiger partial charge is 0.345 e. The summed E-state index contributed by atoms with van der Waals surface area (Å²) in [6.07, 6.45) is -0.296. The van der Waals surface area contributed by atoms with Gasteiger partial charge in [-0.3, -0.25) is 19.3 Å². The third-order valence-electron chi connectivity index (χ3n) is 6.56. The number of hydrogen-bond acceptors (Lipinski definition) is 6. The maximum atomic E-state index is 14.0. The zero-order chi connectivity index (χ0) is 23.2. The number of carbonyl (C=O) groups excluding carboxylic acids is 3. The van der Waals surface area contributed by atoms with E-state index in [4.69, 9.17) is 4.98 Å². The number of piperazine rings is 1. The number of likely N-dealkylation sites (N-methyl/N-ethyl adjacent to an activating group) is 1. The lowest BCUT2D eigenvalue weighted by Crippen LogP contribution is -2.51. The van der Waals surface area contributed by atoms with E-state index in [1.165, 1.54) is 25.2 Å². The maximum Gasteiger partial charge on any atom is 0.240 e. The number of thiazole rings is 1. The number of carbonyl (C=O) groups is 3. The summed E-state index contributed by atoms with van der Waals surface area (Å²) in [5.41, 5.74) is -0.0388. The molecule has 1 aromatic heterocycles. The van der Waals surface area contributed by atoms with Crippen LogP contribution < -0.4 is 4.90 Å². The van der Waals surface area contributed by atoms with Gasteiger partial charge in [-0.15, -0.1) is 0 Å². The molecular weight excluding hydrogens is 443 g/mol. The second kappa shape index (κ2) is 8.22. The number of rotatable bonds is 4. The van der Waals surface area contributed by atoms with Gasteiger partial charge in [0.05, 0.1) is 15.6 Å². The van der Waals surface area contributed by atoms with Crippen LogP contribution in [0.4, 0.5) is 9.52 Å². The molecule has 2 saturated heterocycles. The summed E-state index contributed by atoms with van der Waals surface area (Å²) in [5.74, 6) is -1.53. The van der Waals surface area contributed by atoms with Gasteiger partial charge in [0.15, 0.2) is 5.13 Å². The Morgan fingerprint density at radius 2 is 1.85 bits per heavy atom. The molecular formula is C24H23FN4O3S. The van der Waals surface area contributed by atoms with Gasteiger partial charge in [-0.2, -0.15) is 0 Å². The Morgan fingerprint density at radius 1 is 1.09 bits per heavy atom. The summed E-state index contributed by atoms with van der Waals surface area (Å²) in [6, 6.07) is 13.6. The van der Waals surface area contributed by atoms with Crippen LogP contribution >= 0.6 is 11.3 Å². The van der Waals surface area contributed by atoms with Crippen molar-refractivity contribution < 1.29 is 18.8 Å². The second-order valence-electron chi connectivity index (χ2n) is 8.54. The number of aromatic nitrogens is 1. The molecule has 0 radical (unpaired) electrons. The summed E-state index contributed by atoms with van der Waals surface area (Å²) in [5, 5.41) is 0.928. The molecule has 9 heteroatoms. The molecule has 0 aliphatic carbocycles. The lowest BCUT2D eigenvalue weighted by Gasteiger charge is -2.36. The van der Waals surface area contributed by atoms with Gasteiger partial charge in [-0.05, 0) is 29.8 Å². The van der Waals surface area contributed by atoms with Crippen molar-refractivity contribution in [1.82, 2.24) is 14.8 Å². The minimum Gasteiger partial charge on any atom is -0.345 e. The summed E-state index contributed by atoms with van der Waals surface area (Å²) in [6.45, 7) is 2.24. The molecule has 2 aromatic carbocycles. The smallest absolute Gasteiger partial charge is 0.240 e. The van der Waals surface area contributed by atoms with Gasteiger partial charge in [0.1, 0.15) is 5.82 Å². The first-order chi connectivity index (χ1) is 15.9. The first kappa shape index (κ1) is 21.5. The van der Waals surface area contributed by atoms with Crippen molar-refractivity contribution in [2.75, 3.05) is 38.1 Å². The molecule has 0 spiro atoms. The van der Waals surface area contributed by atoms with E-state index in [2.05, 4.69) is 4.90 Å². The second-order valence-corrected chi connectivity index (χ2v) is 9.55. The molecule has 2 fully saturated rings. The number of amides is 3. The summed E-state index contributed by atoms with van der Waals surface area (Å²) in [7, 11) is 1.41. The van der Waals surface area contributed by atoms with Gasteiger partial charge in [-0.1, -0.05) is 35.6 Å². The average molecular weight is 467 g/mol. The number of nitrogens with zero attached hydrogens (tertiary/aromatic N) is 4.